The molecule has 1 aromatic rings. The number of amides is 1. The molecule has 1 amide bonds. The molecular weight excluding hydrogens is 344 g/mol. The van der Waals surface area contributed by atoms with Gasteiger partial charge in [-0.1, -0.05) is 26.0 Å². The first-order valence-electron chi connectivity index (χ1n) is 8.35. The Kier molecular flexibility index (Phi) is 7.13. The number of carbonyl (C=O) groups excluding carboxylic acids is 1. The number of anilines is 1. The fraction of sp³-hybridized carbons (Fsp3) is 0.588. The third kappa shape index (κ3) is 6.11. The zero-order valence-corrected chi connectivity index (χ0v) is 16.0. The van der Waals surface area contributed by atoms with Crippen LogP contribution in [0, 0.1) is 0 Å². The SMILES string of the molecule is CCN(CC)Cc1cccc(NC(=O)CS[C@H]2CCS(=O)(=O)C2)c1. The molecule has 1 saturated heterocycles. The number of sulfone groups is 1. The van der Waals surface area contributed by atoms with Gasteiger partial charge in [0.15, 0.2) is 9.84 Å². The van der Waals surface area contributed by atoms with Crippen molar-refractivity contribution in [1.82, 2.24) is 4.90 Å². The van der Waals surface area contributed by atoms with Gasteiger partial charge < -0.3 is 5.32 Å². The molecule has 1 aliphatic heterocycles. The van der Waals surface area contributed by atoms with Gasteiger partial charge in [-0.15, -0.1) is 11.8 Å². The van der Waals surface area contributed by atoms with Gasteiger partial charge >= 0.3 is 0 Å². The number of benzene rings is 1. The third-order valence-corrected chi connectivity index (χ3v) is 7.43. The van der Waals surface area contributed by atoms with Crippen molar-refractivity contribution in [2.45, 2.75) is 32.1 Å². The Bertz CT molecular complexity index is 658. The Hall–Kier alpha value is -1.05. The maximum Gasteiger partial charge on any atom is 0.234 e. The quantitative estimate of drug-likeness (QED) is 0.761. The van der Waals surface area contributed by atoms with Crippen LogP contribution in [0.1, 0.15) is 25.8 Å². The van der Waals surface area contributed by atoms with Crippen LogP contribution in [0.25, 0.3) is 0 Å². The summed E-state index contributed by atoms with van der Waals surface area (Å²) in [7, 11) is -2.88. The molecule has 1 fully saturated rings. The van der Waals surface area contributed by atoms with Gasteiger partial charge in [0.2, 0.25) is 5.91 Å². The monoisotopic (exact) mass is 370 g/mol. The van der Waals surface area contributed by atoms with Gasteiger partial charge in [-0.3, -0.25) is 9.69 Å². The van der Waals surface area contributed by atoms with Gasteiger partial charge in [0.25, 0.3) is 0 Å². The highest BCUT2D eigenvalue weighted by Crippen LogP contribution is 2.24. The summed E-state index contributed by atoms with van der Waals surface area (Å²) >= 11 is 1.44. The van der Waals surface area contributed by atoms with Crippen LogP contribution in [-0.4, -0.2) is 54.8 Å². The first kappa shape index (κ1) is 19.3. The van der Waals surface area contributed by atoms with Crippen LogP contribution < -0.4 is 5.32 Å². The van der Waals surface area contributed by atoms with E-state index in [2.05, 4.69) is 30.1 Å². The second-order valence-electron chi connectivity index (χ2n) is 6.05. The molecule has 0 bridgehead atoms. The van der Waals surface area contributed by atoms with Gasteiger partial charge in [-0.2, -0.15) is 0 Å². The number of carbonyl (C=O) groups is 1. The second-order valence-corrected chi connectivity index (χ2v) is 9.56. The van der Waals surface area contributed by atoms with Gasteiger partial charge in [0, 0.05) is 17.5 Å². The van der Waals surface area contributed by atoms with E-state index in [1.54, 1.807) is 0 Å². The largest absolute Gasteiger partial charge is 0.325 e. The molecule has 0 unspecified atom stereocenters. The zero-order valence-electron chi connectivity index (χ0n) is 14.3. The Morgan fingerprint density at radius 2 is 2.08 bits per heavy atom. The van der Waals surface area contributed by atoms with E-state index >= 15 is 0 Å². The third-order valence-electron chi connectivity index (χ3n) is 4.15. The molecule has 7 heteroatoms. The van der Waals surface area contributed by atoms with E-state index in [1.807, 2.05) is 18.2 Å². The molecule has 0 aliphatic carbocycles. The molecule has 1 aromatic carbocycles. The van der Waals surface area contributed by atoms with Crippen molar-refractivity contribution in [3.63, 3.8) is 0 Å². The topological polar surface area (TPSA) is 66.5 Å². The Balaban J connectivity index is 1.83. The fourth-order valence-electron chi connectivity index (χ4n) is 2.74. The Morgan fingerprint density at radius 3 is 2.71 bits per heavy atom. The first-order chi connectivity index (χ1) is 11.4. The molecule has 0 aromatic heterocycles. The van der Waals surface area contributed by atoms with E-state index in [9.17, 15) is 13.2 Å². The smallest absolute Gasteiger partial charge is 0.234 e. The molecule has 1 atom stereocenters. The van der Waals surface area contributed by atoms with Crippen LogP contribution in [0.5, 0.6) is 0 Å². The number of nitrogens with zero attached hydrogens (tertiary/aromatic N) is 1. The van der Waals surface area contributed by atoms with E-state index in [4.69, 9.17) is 0 Å². The molecule has 5 nitrogen and oxygen atoms in total. The number of hydrogen-bond donors (Lipinski definition) is 1. The minimum atomic E-state index is -2.88. The second kappa shape index (κ2) is 8.87. The van der Waals surface area contributed by atoms with Crippen LogP contribution in [0.3, 0.4) is 0 Å². The molecule has 134 valence electrons. The highest BCUT2D eigenvalue weighted by atomic mass is 32.2. The number of nitrogens with one attached hydrogen (secondary N) is 1. The van der Waals surface area contributed by atoms with Crippen LogP contribution >= 0.6 is 11.8 Å². The molecule has 0 spiro atoms. The van der Waals surface area contributed by atoms with Crippen molar-refractivity contribution in [2.75, 3.05) is 35.7 Å². The van der Waals surface area contributed by atoms with Crippen molar-refractivity contribution >= 4 is 33.2 Å². The van der Waals surface area contributed by atoms with Crippen LogP contribution in [-0.2, 0) is 21.2 Å². The molecule has 1 N–H and O–H groups in total. The molecular formula is C17H26N2O3S2. The summed E-state index contributed by atoms with van der Waals surface area (Å²) in [5.41, 5.74) is 1.97. The number of rotatable bonds is 8. The lowest BCUT2D eigenvalue weighted by molar-refractivity contribution is -0.113. The van der Waals surface area contributed by atoms with Crippen molar-refractivity contribution in [2.24, 2.45) is 0 Å². The highest BCUT2D eigenvalue weighted by molar-refractivity contribution is 8.02. The minimum Gasteiger partial charge on any atom is -0.325 e. The van der Waals surface area contributed by atoms with Crippen molar-refractivity contribution < 1.29 is 13.2 Å². The van der Waals surface area contributed by atoms with Crippen molar-refractivity contribution in [1.29, 1.82) is 0 Å². The van der Waals surface area contributed by atoms with E-state index in [-0.39, 0.29) is 22.7 Å². The molecule has 2 rings (SSSR count). The molecule has 0 radical (unpaired) electrons. The minimum absolute atomic E-state index is 0.0507. The lowest BCUT2D eigenvalue weighted by Crippen LogP contribution is -2.22. The predicted molar refractivity (Wildman–Crippen MR) is 101 cm³/mol. The Morgan fingerprint density at radius 1 is 1.33 bits per heavy atom. The van der Waals surface area contributed by atoms with E-state index in [1.165, 1.54) is 17.3 Å². The summed E-state index contributed by atoms with van der Waals surface area (Å²) in [4.78, 5) is 14.4. The van der Waals surface area contributed by atoms with Crippen LogP contribution in [0.15, 0.2) is 24.3 Å². The van der Waals surface area contributed by atoms with Gasteiger partial charge in [0.1, 0.15) is 0 Å². The summed E-state index contributed by atoms with van der Waals surface area (Å²) in [5, 5.41) is 2.96. The van der Waals surface area contributed by atoms with Crippen LogP contribution in [0.2, 0.25) is 0 Å². The summed E-state index contributed by atoms with van der Waals surface area (Å²) in [6.45, 7) is 7.12. The molecule has 24 heavy (non-hydrogen) atoms. The maximum atomic E-state index is 12.1. The van der Waals surface area contributed by atoms with Gasteiger partial charge in [-0.05, 0) is 37.2 Å². The first-order valence-corrected chi connectivity index (χ1v) is 11.2. The number of thioether (sulfide) groups is 1. The predicted octanol–water partition coefficient (Wildman–Crippen LogP) is 2.39. The maximum absolute atomic E-state index is 12.1. The standard InChI is InChI=1S/C17H26N2O3S2/c1-3-19(4-2)11-14-6-5-7-15(10-14)18-17(20)12-23-16-8-9-24(21,22)13-16/h5-7,10,16H,3-4,8-9,11-13H2,1-2H3,(H,18,20)/t16-/m0/s1. The van der Waals surface area contributed by atoms with E-state index in [0.717, 1.165) is 25.3 Å². The van der Waals surface area contributed by atoms with Crippen LogP contribution in [0.4, 0.5) is 5.69 Å². The summed E-state index contributed by atoms with van der Waals surface area (Å²) in [6, 6.07) is 7.90. The number of hydrogen-bond acceptors (Lipinski definition) is 5. The van der Waals surface area contributed by atoms with E-state index in [0.29, 0.717) is 12.2 Å². The lowest BCUT2D eigenvalue weighted by Gasteiger charge is -2.18. The van der Waals surface area contributed by atoms with E-state index < -0.39 is 9.84 Å². The van der Waals surface area contributed by atoms with Crippen molar-refractivity contribution in [3.05, 3.63) is 29.8 Å². The highest BCUT2D eigenvalue weighted by Gasteiger charge is 2.28. The molecule has 1 heterocycles. The van der Waals surface area contributed by atoms with Gasteiger partial charge in [-0.25, -0.2) is 8.42 Å². The normalized spacial score (nSPS) is 19.5. The zero-order chi connectivity index (χ0) is 17.6. The van der Waals surface area contributed by atoms with Gasteiger partial charge in [0.05, 0.1) is 17.3 Å². The summed E-state index contributed by atoms with van der Waals surface area (Å²) in [5.74, 6) is 0.661. The average molecular weight is 371 g/mol. The fourth-order valence-corrected chi connectivity index (χ4v) is 6.18. The lowest BCUT2D eigenvalue weighted by atomic mass is 10.2. The van der Waals surface area contributed by atoms with Crippen molar-refractivity contribution in [3.8, 4) is 0 Å². The summed E-state index contributed by atoms with van der Waals surface area (Å²) in [6.07, 6.45) is 0.652. The molecule has 1 aliphatic rings. The summed E-state index contributed by atoms with van der Waals surface area (Å²) < 4.78 is 22.9. The molecule has 0 saturated carbocycles. The average Bonchev–Trinajstić information content (AvgIpc) is 2.90. The Labute approximate surface area is 149 Å².